The Morgan fingerprint density at radius 2 is 1.80 bits per heavy atom. The van der Waals surface area contributed by atoms with Gasteiger partial charge in [0.15, 0.2) is 5.78 Å². The van der Waals surface area contributed by atoms with Gasteiger partial charge < -0.3 is 15.0 Å². The van der Waals surface area contributed by atoms with Crippen LogP contribution in [0.1, 0.15) is 74.7 Å². The highest BCUT2D eigenvalue weighted by Gasteiger charge is 2.61. The fraction of sp³-hybridized carbons (Fsp3) is 0.450. The Labute approximate surface area is 317 Å². The molecule has 4 heterocycles. The molecule has 4 aromatic rings. The number of sulfonamides is 1. The van der Waals surface area contributed by atoms with Crippen molar-refractivity contribution in [3.63, 3.8) is 0 Å². The summed E-state index contributed by atoms with van der Waals surface area (Å²) < 4.78 is 50.4. The minimum atomic E-state index is -3.87. The van der Waals surface area contributed by atoms with Gasteiger partial charge in [0.25, 0.3) is 5.91 Å². The van der Waals surface area contributed by atoms with Crippen LogP contribution in [0.2, 0.25) is 0 Å². The minimum absolute atomic E-state index is 0.0268. The quantitative estimate of drug-likeness (QED) is 0.203. The maximum Gasteiger partial charge on any atom is 0.272 e. The molecule has 0 unspecified atom stereocenters. The van der Waals surface area contributed by atoms with Gasteiger partial charge in [0.2, 0.25) is 27.7 Å². The first-order chi connectivity index (χ1) is 26.4. The molecule has 4 aliphatic rings. The van der Waals surface area contributed by atoms with E-state index < -0.39 is 68.2 Å². The van der Waals surface area contributed by atoms with Crippen molar-refractivity contribution in [3.8, 4) is 5.88 Å². The number of fused-ring (bicyclic) bond motifs is 5. The van der Waals surface area contributed by atoms with Gasteiger partial charge in [-0.1, -0.05) is 43.2 Å². The molecule has 8 rings (SSSR count). The number of benzene rings is 2. The van der Waals surface area contributed by atoms with Crippen LogP contribution in [0.5, 0.6) is 5.88 Å². The molecule has 0 bridgehead atoms. The lowest BCUT2D eigenvalue weighted by molar-refractivity contribution is -0.140. The number of hydrogen-bond donors (Lipinski definition) is 2. The van der Waals surface area contributed by atoms with E-state index in [2.05, 4.69) is 20.1 Å². The summed E-state index contributed by atoms with van der Waals surface area (Å²) in [7, 11) is -2.19. The van der Waals surface area contributed by atoms with Crippen LogP contribution in [0.4, 0.5) is 4.39 Å². The van der Waals surface area contributed by atoms with Crippen LogP contribution < -0.4 is 14.8 Å². The highest BCUT2D eigenvalue weighted by molar-refractivity contribution is 7.90. The molecule has 15 heteroatoms. The first kappa shape index (κ1) is 36.8. The molecular formula is C40H43FN6O7S. The summed E-state index contributed by atoms with van der Waals surface area (Å²) in [5.74, 6) is -2.68. The number of Topliss-reactive ketones (excluding diaryl/α,β-unsaturated/α-hetero) is 1. The molecule has 55 heavy (non-hydrogen) atoms. The number of nitrogens with one attached hydrogen (secondary N) is 2. The Kier molecular flexibility index (Phi) is 9.68. The fourth-order valence-electron chi connectivity index (χ4n) is 8.10. The van der Waals surface area contributed by atoms with Gasteiger partial charge in [-0.2, -0.15) is 5.10 Å². The van der Waals surface area contributed by atoms with Gasteiger partial charge in [-0.3, -0.25) is 28.6 Å². The number of amides is 3. The smallest absolute Gasteiger partial charge is 0.272 e. The van der Waals surface area contributed by atoms with Crippen LogP contribution in [-0.4, -0.2) is 81.6 Å². The van der Waals surface area contributed by atoms with Gasteiger partial charge in [-0.15, -0.1) is 0 Å². The largest absolute Gasteiger partial charge is 0.472 e. The monoisotopic (exact) mass is 770 g/mol. The third-order valence-electron chi connectivity index (χ3n) is 11.4. The van der Waals surface area contributed by atoms with Crippen molar-refractivity contribution >= 4 is 55.2 Å². The number of carbonyl (C=O) groups excluding carboxylic acids is 4. The SMILES string of the molecule is Cn1ccc(C(=O)N[C@H]2CCCCC/C=C\[C@@H]3C[C@@]3(C(=O)NS(=O)(=O)C3CC3)CC(=O)[C@@H]3C[C@@H](Oc4nc5cc(F)ccc5c5ccccc45)CN3C2=O)n1. The molecule has 13 nitrogen and oxygen atoms in total. The second-order valence-corrected chi connectivity index (χ2v) is 17.3. The molecular weight excluding hydrogens is 728 g/mol. The van der Waals surface area contributed by atoms with Crippen molar-refractivity contribution in [2.24, 2.45) is 18.4 Å². The second-order valence-electron chi connectivity index (χ2n) is 15.4. The van der Waals surface area contributed by atoms with E-state index in [0.29, 0.717) is 49.4 Å². The molecule has 5 atom stereocenters. The van der Waals surface area contributed by atoms with Gasteiger partial charge in [0.05, 0.1) is 28.8 Å². The first-order valence-corrected chi connectivity index (χ1v) is 20.5. The van der Waals surface area contributed by atoms with Crippen LogP contribution in [-0.2, 0) is 31.5 Å². The van der Waals surface area contributed by atoms with Crippen molar-refractivity contribution in [1.82, 2.24) is 29.7 Å². The molecule has 3 amide bonds. The maximum atomic E-state index is 14.6. The standard InChI is InChI=1S/C40H43FN6O7S/c1-46-18-17-31(44-46)36(49)42-32-12-6-4-2-3-5-9-24-21-40(24,39(51)45-55(52,53)27-14-15-27)22-35(48)34-20-26(23-47(34)38(32)50)54-37-30-11-8-7-10-28(30)29-16-13-25(41)19-33(29)43-37/h5,7-11,13,16-19,24,26-27,32,34H,2-4,6,12,14-15,20-23H2,1H3,(H,42,49)(H,45,51)/b9-5-/t24-,26-,32+,34+,40-/m1/s1. The minimum Gasteiger partial charge on any atom is -0.472 e. The molecule has 2 aliphatic heterocycles. The van der Waals surface area contributed by atoms with Crippen molar-refractivity contribution in [3.05, 3.63) is 78.4 Å². The normalized spacial score (nSPS) is 26.8. The van der Waals surface area contributed by atoms with Crippen molar-refractivity contribution in [2.45, 2.75) is 87.6 Å². The summed E-state index contributed by atoms with van der Waals surface area (Å²) in [5.41, 5.74) is -0.755. The first-order valence-electron chi connectivity index (χ1n) is 18.9. The Morgan fingerprint density at radius 3 is 2.56 bits per heavy atom. The molecule has 0 radical (unpaired) electrons. The lowest BCUT2D eigenvalue weighted by atomic mass is 9.91. The van der Waals surface area contributed by atoms with Gasteiger partial charge in [0.1, 0.15) is 23.7 Å². The fourth-order valence-corrected chi connectivity index (χ4v) is 9.49. The number of carbonyl (C=O) groups is 4. The van der Waals surface area contributed by atoms with Crippen LogP contribution in [0, 0.1) is 17.2 Å². The molecule has 2 aromatic carbocycles. The van der Waals surface area contributed by atoms with Crippen molar-refractivity contribution < 1.29 is 36.7 Å². The molecule has 2 aliphatic carbocycles. The Hall–Kier alpha value is -5.18. The van der Waals surface area contributed by atoms with Crippen LogP contribution in [0.15, 0.2) is 66.9 Å². The van der Waals surface area contributed by atoms with Crippen LogP contribution in [0.25, 0.3) is 21.7 Å². The van der Waals surface area contributed by atoms with E-state index >= 15 is 0 Å². The van der Waals surface area contributed by atoms with E-state index in [4.69, 9.17) is 4.74 Å². The van der Waals surface area contributed by atoms with E-state index in [1.54, 1.807) is 25.4 Å². The van der Waals surface area contributed by atoms with Crippen LogP contribution in [0.3, 0.4) is 0 Å². The summed E-state index contributed by atoms with van der Waals surface area (Å²) >= 11 is 0. The average molecular weight is 771 g/mol. The molecule has 2 N–H and O–H groups in total. The number of hydrogen-bond acceptors (Lipinski definition) is 9. The van der Waals surface area contributed by atoms with Gasteiger partial charge in [0, 0.05) is 42.9 Å². The van der Waals surface area contributed by atoms with E-state index in [1.165, 1.54) is 21.7 Å². The van der Waals surface area contributed by atoms with Crippen LogP contribution >= 0.6 is 0 Å². The molecule has 3 fully saturated rings. The zero-order valence-corrected chi connectivity index (χ0v) is 31.3. The Morgan fingerprint density at radius 1 is 1.00 bits per heavy atom. The topological polar surface area (TPSA) is 170 Å². The lowest BCUT2D eigenvalue weighted by Gasteiger charge is -2.29. The number of aromatic nitrogens is 3. The third kappa shape index (κ3) is 7.45. The molecule has 1 saturated heterocycles. The number of pyridine rings is 1. The number of ether oxygens (including phenoxy) is 1. The summed E-state index contributed by atoms with van der Waals surface area (Å²) in [6.07, 6.45) is 9.02. The lowest BCUT2D eigenvalue weighted by Crippen LogP contribution is -2.52. The predicted molar refractivity (Wildman–Crippen MR) is 201 cm³/mol. The van der Waals surface area contributed by atoms with E-state index in [9.17, 15) is 32.0 Å². The number of ketones is 1. The highest BCUT2D eigenvalue weighted by atomic mass is 32.2. The summed E-state index contributed by atoms with van der Waals surface area (Å²) in [5, 5.41) is 8.64. The zero-order valence-electron chi connectivity index (χ0n) is 30.4. The number of allylic oxidation sites excluding steroid dienone is 2. The molecule has 288 valence electrons. The Balaban J connectivity index is 1.13. The van der Waals surface area contributed by atoms with Crippen molar-refractivity contribution in [1.29, 1.82) is 0 Å². The predicted octanol–water partition coefficient (Wildman–Crippen LogP) is 4.50. The molecule has 2 saturated carbocycles. The van der Waals surface area contributed by atoms with E-state index in [1.807, 2.05) is 36.4 Å². The molecule has 0 spiro atoms. The summed E-state index contributed by atoms with van der Waals surface area (Å²) in [4.78, 5) is 62.4. The third-order valence-corrected chi connectivity index (χ3v) is 13.2. The Bertz CT molecular complexity index is 2340. The molecule has 2 aromatic heterocycles. The van der Waals surface area contributed by atoms with Crippen molar-refractivity contribution in [2.75, 3.05) is 6.54 Å². The summed E-state index contributed by atoms with van der Waals surface area (Å²) in [6, 6.07) is 11.3. The average Bonchev–Trinajstić information content (AvgIpc) is 4.05. The maximum absolute atomic E-state index is 14.6. The van der Waals surface area contributed by atoms with E-state index in [-0.39, 0.29) is 36.9 Å². The number of aryl methyl sites for hydroxylation is 1. The van der Waals surface area contributed by atoms with E-state index in [0.717, 1.165) is 23.6 Å². The van der Waals surface area contributed by atoms with Gasteiger partial charge in [-0.25, -0.2) is 17.8 Å². The van der Waals surface area contributed by atoms with Gasteiger partial charge >= 0.3 is 0 Å². The summed E-state index contributed by atoms with van der Waals surface area (Å²) in [6.45, 7) is -0.0268. The number of halogens is 1. The number of nitrogens with zero attached hydrogens (tertiary/aromatic N) is 4. The second kappa shape index (κ2) is 14.5. The zero-order chi connectivity index (χ0) is 38.5. The number of rotatable bonds is 7. The van der Waals surface area contributed by atoms with Gasteiger partial charge in [-0.05, 0) is 74.1 Å². The highest BCUT2D eigenvalue weighted by Crippen LogP contribution is 2.57.